The zero-order chi connectivity index (χ0) is 26.8. The van der Waals surface area contributed by atoms with Crippen molar-refractivity contribution in [3.63, 3.8) is 0 Å². The first-order chi connectivity index (χ1) is 18.3. The molecule has 0 saturated carbocycles. The van der Waals surface area contributed by atoms with Crippen LogP contribution < -0.4 is 0 Å². The van der Waals surface area contributed by atoms with Gasteiger partial charge in [0.1, 0.15) is 5.75 Å². The van der Waals surface area contributed by atoms with Crippen molar-refractivity contribution in [2.45, 2.75) is 39.2 Å². The Balaban J connectivity index is 1.23. The number of hydrogen-bond acceptors (Lipinski definition) is 7. The number of nitrogens with zero attached hydrogens (tertiary/aromatic N) is 6. The molecule has 9 heteroatoms. The van der Waals surface area contributed by atoms with Crippen LogP contribution in [-0.2, 0) is 11.3 Å². The molecule has 2 saturated heterocycles. The molecule has 1 aromatic heterocycles. The highest BCUT2D eigenvalue weighted by molar-refractivity contribution is 5.79. The molecule has 3 heterocycles. The monoisotopic (exact) mass is 518 g/mol. The SMILES string of the molecule is CC(C)c1ccc(O)c(-c2nnc(O)n2-c2ccc(CN3CCC(C(=O)N4CCN(C)CC4)CC3)cc2)c1. The Hall–Kier alpha value is -3.43. The lowest BCUT2D eigenvalue weighted by Gasteiger charge is -2.37. The van der Waals surface area contributed by atoms with Crippen molar-refractivity contribution in [3.05, 3.63) is 53.6 Å². The first-order valence-corrected chi connectivity index (χ1v) is 13.6. The third kappa shape index (κ3) is 5.54. The van der Waals surface area contributed by atoms with Gasteiger partial charge in [-0.05, 0) is 74.3 Å². The summed E-state index contributed by atoms with van der Waals surface area (Å²) in [4.78, 5) is 19.7. The summed E-state index contributed by atoms with van der Waals surface area (Å²) in [5.41, 5.74) is 3.48. The molecule has 2 aliphatic heterocycles. The maximum atomic E-state index is 12.9. The minimum Gasteiger partial charge on any atom is -0.507 e. The molecular formula is C29H38N6O3. The zero-order valence-corrected chi connectivity index (χ0v) is 22.5. The first-order valence-electron chi connectivity index (χ1n) is 13.6. The van der Waals surface area contributed by atoms with Crippen LogP contribution >= 0.6 is 0 Å². The third-order valence-corrected chi connectivity index (χ3v) is 7.93. The number of likely N-dealkylation sites (N-methyl/N-ethyl adjacent to an activating group) is 1. The van der Waals surface area contributed by atoms with Crippen LogP contribution in [-0.4, -0.2) is 91.9 Å². The number of benzene rings is 2. The Bertz CT molecular complexity index is 1260. The van der Waals surface area contributed by atoms with E-state index in [1.807, 2.05) is 41.3 Å². The van der Waals surface area contributed by atoms with E-state index in [0.29, 0.717) is 17.3 Å². The number of phenolic OH excluding ortho intramolecular Hbond substituents is 1. The van der Waals surface area contributed by atoms with Gasteiger partial charge in [0.05, 0.1) is 11.3 Å². The molecule has 5 rings (SSSR count). The van der Waals surface area contributed by atoms with Crippen molar-refractivity contribution in [1.29, 1.82) is 0 Å². The van der Waals surface area contributed by atoms with Gasteiger partial charge in [-0.1, -0.05) is 37.1 Å². The fourth-order valence-electron chi connectivity index (χ4n) is 5.41. The number of hydrogen-bond donors (Lipinski definition) is 2. The van der Waals surface area contributed by atoms with Crippen molar-refractivity contribution in [2.24, 2.45) is 5.92 Å². The summed E-state index contributed by atoms with van der Waals surface area (Å²) in [5, 5.41) is 29.0. The lowest BCUT2D eigenvalue weighted by molar-refractivity contribution is -0.138. The molecule has 202 valence electrons. The number of carbonyl (C=O) groups is 1. The molecule has 0 bridgehead atoms. The number of aromatic nitrogens is 3. The second-order valence-corrected chi connectivity index (χ2v) is 10.9. The molecule has 38 heavy (non-hydrogen) atoms. The number of amides is 1. The quantitative estimate of drug-likeness (QED) is 0.516. The Morgan fingerprint density at radius 2 is 1.63 bits per heavy atom. The summed E-state index contributed by atoms with van der Waals surface area (Å²) < 4.78 is 1.55. The molecule has 1 amide bonds. The number of rotatable bonds is 6. The van der Waals surface area contributed by atoms with Crippen LogP contribution in [0.15, 0.2) is 42.5 Å². The molecule has 3 aromatic rings. The second-order valence-electron chi connectivity index (χ2n) is 10.9. The van der Waals surface area contributed by atoms with Gasteiger partial charge in [-0.15, -0.1) is 5.10 Å². The molecule has 0 spiro atoms. The van der Waals surface area contributed by atoms with Gasteiger partial charge < -0.3 is 20.0 Å². The number of likely N-dealkylation sites (tertiary alicyclic amines) is 1. The molecule has 2 fully saturated rings. The first kappa shape index (κ1) is 26.2. The van der Waals surface area contributed by atoms with Crippen LogP contribution in [0.25, 0.3) is 17.1 Å². The molecule has 0 aliphatic carbocycles. The van der Waals surface area contributed by atoms with Crippen LogP contribution in [0.4, 0.5) is 0 Å². The van der Waals surface area contributed by atoms with Gasteiger partial charge in [-0.2, -0.15) is 0 Å². The molecule has 2 aliphatic rings. The highest BCUT2D eigenvalue weighted by atomic mass is 16.3. The van der Waals surface area contributed by atoms with Gasteiger partial charge in [-0.25, -0.2) is 4.57 Å². The molecule has 0 unspecified atom stereocenters. The van der Waals surface area contributed by atoms with Gasteiger partial charge in [0.2, 0.25) is 5.91 Å². The van der Waals surface area contributed by atoms with E-state index in [1.165, 1.54) is 0 Å². The topological polar surface area (TPSA) is 98.0 Å². The Labute approximate surface area is 224 Å². The predicted molar refractivity (Wildman–Crippen MR) is 146 cm³/mol. The predicted octanol–water partition coefficient (Wildman–Crippen LogP) is 3.45. The summed E-state index contributed by atoms with van der Waals surface area (Å²) in [6, 6.07) is 13.2. The van der Waals surface area contributed by atoms with Gasteiger partial charge in [0.25, 0.3) is 0 Å². The fraction of sp³-hybridized carbons (Fsp3) is 0.483. The standard InChI is InChI=1S/C29H38N6O3/c1-20(2)23-6-9-26(36)25(18-23)27-30-31-29(38)35(27)24-7-4-21(5-8-24)19-33-12-10-22(11-13-33)28(37)34-16-14-32(3)15-17-34/h4-9,18,20,22,36H,10-17,19H2,1-3H3,(H,31,38). The second kappa shape index (κ2) is 11.1. The summed E-state index contributed by atoms with van der Waals surface area (Å²) >= 11 is 0. The average molecular weight is 519 g/mol. The van der Waals surface area contributed by atoms with E-state index in [-0.39, 0.29) is 23.6 Å². The van der Waals surface area contributed by atoms with E-state index >= 15 is 0 Å². The molecule has 0 radical (unpaired) electrons. The molecule has 0 atom stereocenters. The van der Waals surface area contributed by atoms with Crippen LogP contribution in [0.5, 0.6) is 11.8 Å². The molecular weight excluding hydrogens is 480 g/mol. The highest BCUT2D eigenvalue weighted by Crippen LogP contribution is 2.34. The number of aromatic hydroxyl groups is 2. The van der Waals surface area contributed by atoms with Crippen LogP contribution in [0.1, 0.15) is 43.7 Å². The van der Waals surface area contributed by atoms with E-state index in [9.17, 15) is 15.0 Å². The Morgan fingerprint density at radius 3 is 2.29 bits per heavy atom. The minimum absolute atomic E-state index is 0.0918. The van der Waals surface area contributed by atoms with Crippen molar-refractivity contribution in [3.8, 4) is 28.8 Å². The van der Waals surface area contributed by atoms with E-state index < -0.39 is 0 Å². The van der Waals surface area contributed by atoms with E-state index in [0.717, 1.165) is 75.5 Å². The highest BCUT2D eigenvalue weighted by Gasteiger charge is 2.30. The normalized spacial score (nSPS) is 17.8. The minimum atomic E-state index is -0.228. The van der Waals surface area contributed by atoms with Crippen molar-refractivity contribution >= 4 is 5.91 Å². The van der Waals surface area contributed by atoms with Crippen LogP contribution in [0.2, 0.25) is 0 Å². The maximum Gasteiger partial charge on any atom is 0.319 e. The van der Waals surface area contributed by atoms with E-state index in [2.05, 4.69) is 40.9 Å². The lowest BCUT2D eigenvalue weighted by Crippen LogP contribution is -2.50. The number of phenols is 1. The van der Waals surface area contributed by atoms with Gasteiger partial charge >= 0.3 is 6.01 Å². The van der Waals surface area contributed by atoms with Gasteiger partial charge in [0, 0.05) is 38.6 Å². The van der Waals surface area contributed by atoms with Crippen molar-refractivity contribution < 1.29 is 15.0 Å². The summed E-state index contributed by atoms with van der Waals surface area (Å²) in [6.45, 7) is 10.4. The largest absolute Gasteiger partial charge is 0.507 e. The number of piperazine rings is 1. The fourth-order valence-corrected chi connectivity index (χ4v) is 5.41. The van der Waals surface area contributed by atoms with Crippen LogP contribution in [0, 0.1) is 5.92 Å². The summed E-state index contributed by atoms with van der Waals surface area (Å²) in [7, 11) is 2.11. The number of carbonyl (C=O) groups excluding carboxylic acids is 1. The van der Waals surface area contributed by atoms with Crippen molar-refractivity contribution in [2.75, 3.05) is 46.3 Å². The lowest BCUT2D eigenvalue weighted by atomic mass is 9.94. The van der Waals surface area contributed by atoms with Crippen molar-refractivity contribution in [1.82, 2.24) is 29.5 Å². The Morgan fingerprint density at radius 1 is 0.947 bits per heavy atom. The van der Waals surface area contributed by atoms with Gasteiger partial charge in [-0.3, -0.25) is 9.69 Å². The summed E-state index contributed by atoms with van der Waals surface area (Å²) in [6.07, 6.45) is 1.81. The Kier molecular flexibility index (Phi) is 7.67. The maximum absolute atomic E-state index is 12.9. The van der Waals surface area contributed by atoms with E-state index in [4.69, 9.17) is 0 Å². The smallest absolute Gasteiger partial charge is 0.319 e. The van der Waals surface area contributed by atoms with Gasteiger partial charge in [0.15, 0.2) is 5.82 Å². The van der Waals surface area contributed by atoms with Crippen LogP contribution in [0.3, 0.4) is 0 Å². The zero-order valence-electron chi connectivity index (χ0n) is 22.5. The molecule has 9 nitrogen and oxygen atoms in total. The van der Waals surface area contributed by atoms with E-state index in [1.54, 1.807) is 10.6 Å². The number of piperidine rings is 1. The molecule has 2 aromatic carbocycles. The average Bonchev–Trinajstić information content (AvgIpc) is 3.30. The summed E-state index contributed by atoms with van der Waals surface area (Å²) in [5.74, 6) is 1.24. The third-order valence-electron chi connectivity index (χ3n) is 7.93. The molecule has 2 N–H and O–H groups in total.